The topological polar surface area (TPSA) is 100 Å². The number of anilines is 2. The molecule has 0 spiro atoms. The Labute approximate surface area is 120 Å². The minimum Gasteiger partial charge on any atom is -0.392 e. The highest BCUT2D eigenvalue weighted by atomic mass is 35.5. The molecule has 0 aliphatic heterocycles. The zero-order valence-electron chi connectivity index (χ0n) is 10.4. The molecule has 1 amide bonds. The summed E-state index contributed by atoms with van der Waals surface area (Å²) in [5.74, 6) is 5.14. The van der Waals surface area contributed by atoms with E-state index in [9.17, 15) is 4.79 Å². The number of rotatable bonds is 4. The third kappa shape index (κ3) is 3.24. The number of nitrogens with two attached hydrogens (primary N) is 1. The number of benzene rings is 1. The molecule has 0 radical (unpaired) electrons. The second-order valence-electron chi connectivity index (χ2n) is 3.98. The van der Waals surface area contributed by atoms with E-state index in [2.05, 4.69) is 15.7 Å². The van der Waals surface area contributed by atoms with Gasteiger partial charge in [-0.05, 0) is 29.8 Å². The molecule has 104 valence electrons. The van der Waals surface area contributed by atoms with Gasteiger partial charge in [0.05, 0.1) is 11.6 Å². The van der Waals surface area contributed by atoms with E-state index in [1.165, 1.54) is 6.07 Å². The van der Waals surface area contributed by atoms with Gasteiger partial charge in [-0.25, -0.2) is 10.8 Å². The minimum atomic E-state index is -0.441. The summed E-state index contributed by atoms with van der Waals surface area (Å²) < 4.78 is 0. The van der Waals surface area contributed by atoms with E-state index in [0.29, 0.717) is 11.5 Å². The van der Waals surface area contributed by atoms with Gasteiger partial charge in [-0.15, -0.1) is 0 Å². The number of pyridine rings is 1. The fourth-order valence-corrected chi connectivity index (χ4v) is 1.76. The van der Waals surface area contributed by atoms with Crippen LogP contribution in [-0.4, -0.2) is 16.0 Å². The number of hydrogen-bond donors (Lipinski definition) is 4. The highest BCUT2D eigenvalue weighted by Crippen LogP contribution is 2.18. The molecule has 2 rings (SSSR count). The Hall–Kier alpha value is -2.15. The number of hydrogen-bond acceptors (Lipinski definition) is 5. The SMILES string of the molecule is NNc1ccc(Cl)c(C(=O)Nc2ccc(CO)cc2)n1. The highest BCUT2D eigenvalue weighted by Gasteiger charge is 2.13. The number of nitrogen functional groups attached to an aromatic ring is 1. The van der Waals surface area contributed by atoms with E-state index in [-0.39, 0.29) is 17.3 Å². The van der Waals surface area contributed by atoms with Gasteiger partial charge in [-0.2, -0.15) is 0 Å². The van der Waals surface area contributed by atoms with Crippen LogP contribution in [0.1, 0.15) is 16.1 Å². The number of nitrogens with one attached hydrogen (secondary N) is 2. The molecule has 0 bridgehead atoms. The number of aliphatic hydroxyl groups is 1. The van der Waals surface area contributed by atoms with E-state index in [1.54, 1.807) is 30.3 Å². The lowest BCUT2D eigenvalue weighted by molar-refractivity contribution is 0.102. The number of carbonyl (C=O) groups excluding carboxylic acids is 1. The summed E-state index contributed by atoms with van der Waals surface area (Å²) in [4.78, 5) is 16.1. The molecule has 0 saturated heterocycles. The number of aromatic nitrogens is 1. The lowest BCUT2D eigenvalue weighted by Gasteiger charge is -2.08. The van der Waals surface area contributed by atoms with Crippen molar-refractivity contribution in [1.82, 2.24) is 4.98 Å². The smallest absolute Gasteiger partial charge is 0.275 e. The Morgan fingerprint density at radius 2 is 1.95 bits per heavy atom. The first-order chi connectivity index (χ1) is 9.63. The average molecular weight is 293 g/mol. The van der Waals surface area contributed by atoms with E-state index < -0.39 is 5.91 Å². The van der Waals surface area contributed by atoms with Crippen molar-refractivity contribution < 1.29 is 9.90 Å². The molecule has 7 heteroatoms. The normalized spacial score (nSPS) is 10.2. The van der Waals surface area contributed by atoms with Crippen LogP contribution in [0.5, 0.6) is 0 Å². The molecule has 0 aliphatic rings. The average Bonchev–Trinajstić information content (AvgIpc) is 2.48. The second kappa shape index (κ2) is 6.33. The lowest BCUT2D eigenvalue weighted by atomic mass is 10.2. The van der Waals surface area contributed by atoms with Gasteiger partial charge < -0.3 is 15.8 Å². The van der Waals surface area contributed by atoms with Crippen LogP contribution in [0.3, 0.4) is 0 Å². The summed E-state index contributed by atoms with van der Waals surface area (Å²) in [7, 11) is 0. The summed E-state index contributed by atoms with van der Waals surface area (Å²) in [5, 5.41) is 11.8. The Morgan fingerprint density at radius 1 is 1.25 bits per heavy atom. The molecule has 2 aromatic rings. The van der Waals surface area contributed by atoms with Crippen molar-refractivity contribution >= 4 is 29.0 Å². The molecule has 0 fully saturated rings. The number of amides is 1. The molecule has 5 N–H and O–H groups in total. The van der Waals surface area contributed by atoms with Crippen molar-refractivity contribution in [2.24, 2.45) is 5.84 Å². The van der Waals surface area contributed by atoms with E-state index in [4.69, 9.17) is 22.6 Å². The van der Waals surface area contributed by atoms with Gasteiger partial charge in [0.1, 0.15) is 11.5 Å². The predicted octanol–water partition coefficient (Wildman–Crippen LogP) is 1.77. The zero-order valence-corrected chi connectivity index (χ0v) is 11.2. The highest BCUT2D eigenvalue weighted by molar-refractivity contribution is 6.34. The van der Waals surface area contributed by atoms with Crippen molar-refractivity contribution in [2.75, 3.05) is 10.7 Å². The molecule has 6 nitrogen and oxygen atoms in total. The maximum atomic E-state index is 12.1. The van der Waals surface area contributed by atoms with Crippen molar-refractivity contribution in [3.8, 4) is 0 Å². The summed E-state index contributed by atoms with van der Waals surface area (Å²) in [5.41, 5.74) is 3.77. The second-order valence-corrected chi connectivity index (χ2v) is 4.39. The molecular formula is C13H13ClN4O2. The number of halogens is 1. The standard InChI is InChI=1S/C13H13ClN4O2/c14-10-5-6-11(18-15)17-12(10)13(20)16-9-3-1-8(7-19)2-4-9/h1-6,19H,7,15H2,(H,16,20)(H,17,18). The molecule has 1 aromatic heterocycles. The monoisotopic (exact) mass is 292 g/mol. The molecule has 20 heavy (non-hydrogen) atoms. The van der Waals surface area contributed by atoms with Gasteiger partial charge in [0.25, 0.3) is 5.91 Å². The number of aliphatic hydroxyl groups excluding tert-OH is 1. The maximum absolute atomic E-state index is 12.1. The Morgan fingerprint density at radius 3 is 2.55 bits per heavy atom. The van der Waals surface area contributed by atoms with Crippen LogP contribution in [0.25, 0.3) is 0 Å². The van der Waals surface area contributed by atoms with Crippen LogP contribution < -0.4 is 16.6 Å². The van der Waals surface area contributed by atoms with E-state index in [0.717, 1.165) is 5.56 Å². The predicted molar refractivity (Wildman–Crippen MR) is 77.4 cm³/mol. The van der Waals surface area contributed by atoms with Gasteiger partial charge in [0, 0.05) is 5.69 Å². The summed E-state index contributed by atoms with van der Waals surface area (Å²) in [6, 6.07) is 9.89. The molecule has 0 unspecified atom stereocenters. The largest absolute Gasteiger partial charge is 0.392 e. The van der Waals surface area contributed by atoms with Gasteiger partial charge in [-0.3, -0.25) is 4.79 Å². The summed E-state index contributed by atoms with van der Waals surface area (Å²) in [6.07, 6.45) is 0. The fraction of sp³-hybridized carbons (Fsp3) is 0.0769. The number of hydrazine groups is 1. The van der Waals surface area contributed by atoms with Crippen molar-refractivity contribution in [3.05, 3.63) is 52.7 Å². The number of nitrogens with zero attached hydrogens (tertiary/aromatic N) is 1. The third-order valence-corrected chi connectivity index (χ3v) is 2.91. The van der Waals surface area contributed by atoms with Gasteiger partial charge >= 0.3 is 0 Å². The molecule has 1 heterocycles. The maximum Gasteiger partial charge on any atom is 0.275 e. The van der Waals surface area contributed by atoms with Crippen LogP contribution in [0, 0.1) is 0 Å². The fourth-order valence-electron chi connectivity index (χ4n) is 1.57. The van der Waals surface area contributed by atoms with Crippen molar-refractivity contribution in [1.29, 1.82) is 0 Å². The molecule has 0 saturated carbocycles. The van der Waals surface area contributed by atoms with Crippen molar-refractivity contribution in [3.63, 3.8) is 0 Å². The zero-order chi connectivity index (χ0) is 14.5. The first kappa shape index (κ1) is 14.3. The Bertz CT molecular complexity index is 616. The first-order valence-electron chi connectivity index (χ1n) is 5.78. The van der Waals surface area contributed by atoms with Crippen LogP contribution in [-0.2, 0) is 6.61 Å². The quantitative estimate of drug-likeness (QED) is 0.508. The molecular weight excluding hydrogens is 280 g/mol. The molecule has 0 atom stereocenters. The summed E-state index contributed by atoms with van der Waals surface area (Å²) >= 11 is 5.94. The Kier molecular flexibility index (Phi) is 4.52. The lowest BCUT2D eigenvalue weighted by Crippen LogP contribution is -2.16. The van der Waals surface area contributed by atoms with Gasteiger partial charge in [-0.1, -0.05) is 23.7 Å². The van der Waals surface area contributed by atoms with Crippen LogP contribution >= 0.6 is 11.6 Å². The molecule has 1 aromatic carbocycles. The summed E-state index contributed by atoms with van der Waals surface area (Å²) in [6.45, 7) is -0.0498. The van der Waals surface area contributed by atoms with Crippen LogP contribution in [0.2, 0.25) is 5.02 Å². The van der Waals surface area contributed by atoms with Gasteiger partial charge in [0.2, 0.25) is 0 Å². The van der Waals surface area contributed by atoms with Gasteiger partial charge in [0.15, 0.2) is 0 Å². The minimum absolute atomic E-state index is 0.0498. The molecule has 0 aliphatic carbocycles. The third-order valence-electron chi connectivity index (χ3n) is 2.60. The van der Waals surface area contributed by atoms with E-state index >= 15 is 0 Å². The van der Waals surface area contributed by atoms with Crippen LogP contribution in [0.4, 0.5) is 11.5 Å². The van der Waals surface area contributed by atoms with Crippen LogP contribution in [0.15, 0.2) is 36.4 Å². The first-order valence-corrected chi connectivity index (χ1v) is 6.16. The Balaban J connectivity index is 2.18. The van der Waals surface area contributed by atoms with E-state index in [1.807, 2.05) is 0 Å². The van der Waals surface area contributed by atoms with Crippen molar-refractivity contribution in [2.45, 2.75) is 6.61 Å². The number of carbonyl (C=O) groups is 1.